The van der Waals surface area contributed by atoms with Crippen molar-refractivity contribution in [3.8, 4) is 0 Å². The van der Waals surface area contributed by atoms with Gasteiger partial charge in [-0.2, -0.15) is 4.37 Å². The summed E-state index contributed by atoms with van der Waals surface area (Å²) >= 11 is 6.90. The SMILES string of the molecule is CC1CC1c1nsc(Cl)n1. The fourth-order valence-corrected chi connectivity index (χ4v) is 1.72. The van der Waals surface area contributed by atoms with E-state index in [1.54, 1.807) is 0 Å². The standard InChI is InChI=1S/C6H7ClN2S/c1-3-2-4(3)5-8-6(7)10-9-5/h3-4H,2H2,1H3. The lowest BCUT2D eigenvalue weighted by molar-refractivity contribution is 0.867. The molecular formula is C6H7ClN2S. The van der Waals surface area contributed by atoms with Crippen molar-refractivity contribution >= 4 is 23.1 Å². The summed E-state index contributed by atoms with van der Waals surface area (Å²) in [6.45, 7) is 2.21. The molecular weight excluding hydrogens is 168 g/mol. The molecule has 0 N–H and O–H groups in total. The summed E-state index contributed by atoms with van der Waals surface area (Å²) in [5.41, 5.74) is 0. The van der Waals surface area contributed by atoms with Gasteiger partial charge in [-0.1, -0.05) is 6.92 Å². The largest absolute Gasteiger partial charge is 0.208 e. The molecule has 2 rings (SSSR count). The Morgan fingerprint density at radius 1 is 1.70 bits per heavy atom. The van der Waals surface area contributed by atoms with E-state index in [2.05, 4.69) is 16.3 Å². The Labute approximate surface area is 68.4 Å². The van der Waals surface area contributed by atoms with E-state index in [0.717, 1.165) is 11.7 Å². The molecule has 1 saturated carbocycles. The van der Waals surface area contributed by atoms with Gasteiger partial charge in [0.1, 0.15) is 5.82 Å². The fraction of sp³-hybridized carbons (Fsp3) is 0.667. The van der Waals surface area contributed by atoms with Gasteiger partial charge in [-0.05, 0) is 35.5 Å². The van der Waals surface area contributed by atoms with E-state index in [0.29, 0.717) is 10.4 Å². The van der Waals surface area contributed by atoms with Gasteiger partial charge in [0.25, 0.3) is 0 Å². The highest BCUT2D eigenvalue weighted by molar-refractivity contribution is 7.10. The van der Waals surface area contributed by atoms with E-state index < -0.39 is 0 Å². The van der Waals surface area contributed by atoms with E-state index in [9.17, 15) is 0 Å². The van der Waals surface area contributed by atoms with Crippen LogP contribution in [0.3, 0.4) is 0 Å². The maximum Gasteiger partial charge on any atom is 0.203 e. The number of nitrogens with zero attached hydrogens (tertiary/aromatic N) is 2. The van der Waals surface area contributed by atoms with Crippen molar-refractivity contribution in [3.05, 3.63) is 10.3 Å². The average molecular weight is 175 g/mol. The van der Waals surface area contributed by atoms with Gasteiger partial charge in [-0.25, -0.2) is 4.98 Å². The molecule has 2 atom stereocenters. The fourth-order valence-electron chi connectivity index (χ4n) is 1.05. The maximum absolute atomic E-state index is 5.62. The summed E-state index contributed by atoms with van der Waals surface area (Å²) < 4.78 is 4.69. The van der Waals surface area contributed by atoms with Crippen LogP contribution in [0, 0.1) is 5.92 Å². The van der Waals surface area contributed by atoms with Gasteiger partial charge in [0.2, 0.25) is 4.47 Å². The molecule has 2 unspecified atom stereocenters. The molecule has 4 heteroatoms. The molecule has 0 radical (unpaired) electrons. The van der Waals surface area contributed by atoms with Crippen LogP contribution in [0.1, 0.15) is 25.1 Å². The molecule has 54 valence electrons. The van der Waals surface area contributed by atoms with Gasteiger partial charge in [0, 0.05) is 5.92 Å². The Bertz CT molecular complexity index is 248. The predicted molar refractivity (Wildman–Crippen MR) is 41.4 cm³/mol. The first kappa shape index (κ1) is 6.55. The molecule has 1 aromatic heterocycles. The van der Waals surface area contributed by atoms with Crippen LogP contribution in [-0.2, 0) is 0 Å². The van der Waals surface area contributed by atoms with Crippen LogP contribution < -0.4 is 0 Å². The molecule has 1 aliphatic rings. The van der Waals surface area contributed by atoms with Crippen molar-refractivity contribution in [1.82, 2.24) is 9.36 Å². The number of hydrogen-bond acceptors (Lipinski definition) is 3. The Morgan fingerprint density at radius 3 is 2.80 bits per heavy atom. The second kappa shape index (κ2) is 2.17. The van der Waals surface area contributed by atoms with Crippen molar-refractivity contribution < 1.29 is 0 Å². The molecule has 1 heterocycles. The van der Waals surface area contributed by atoms with E-state index in [1.807, 2.05) is 0 Å². The Hall–Kier alpha value is -0.150. The van der Waals surface area contributed by atoms with E-state index in [1.165, 1.54) is 18.0 Å². The van der Waals surface area contributed by atoms with Crippen LogP contribution in [-0.4, -0.2) is 9.36 Å². The first-order chi connectivity index (χ1) is 4.77. The molecule has 0 saturated heterocycles. The average Bonchev–Trinajstić information content (AvgIpc) is 2.42. The van der Waals surface area contributed by atoms with Crippen LogP contribution >= 0.6 is 23.1 Å². The quantitative estimate of drug-likeness (QED) is 0.653. The van der Waals surface area contributed by atoms with Gasteiger partial charge in [0.15, 0.2) is 0 Å². The lowest BCUT2D eigenvalue weighted by atomic mass is 10.3. The normalized spacial score (nSPS) is 30.6. The number of hydrogen-bond donors (Lipinski definition) is 0. The number of rotatable bonds is 1. The molecule has 2 nitrogen and oxygen atoms in total. The third-order valence-electron chi connectivity index (χ3n) is 1.86. The van der Waals surface area contributed by atoms with Crippen LogP contribution in [0.5, 0.6) is 0 Å². The van der Waals surface area contributed by atoms with Crippen molar-refractivity contribution in [1.29, 1.82) is 0 Å². The summed E-state index contributed by atoms with van der Waals surface area (Å²) in [6.07, 6.45) is 1.23. The highest BCUT2D eigenvalue weighted by Gasteiger charge is 2.37. The van der Waals surface area contributed by atoms with Crippen LogP contribution in [0.4, 0.5) is 0 Å². The second-order valence-electron chi connectivity index (χ2n) is 2.73. The number of aromatic nitrogens is 2. The molecule has 1 aromatic rings. The Kier molecular flexibility index (Phi) is 1.42. The lowest BCUT2D eigenvalue weighted by Gasteiger charge is -1.83. The second-order valence-corrected chi connectivity index (χ2v) is 4.06. The molecule has 0 aliphatic heterocycles. The summed E-state index contributed by atoms with van der Waals surface area (Å²) in [5.74, 6) is 2.32. The highest BCUT2D eigenvalue weighted by atomic mass is 35.5. The van der Waals surface area contributed by atoms with E-state index in [4.69, 9.17) is 11.6 Å². The van der Waals surface area contributed by atoms with Crippen LogP contribution in [0.25, 0.3) is 0 Å². The molecule has 0 aromatic carbocycles. The van der Waals surface area contributed by atoms with Crippen molar-refractivity contribution in [2.75, 3.05) is 0 Å². The van der Waals surface area contributed by atoms with E-state index in [-0.39, 0.29) is 0 Å². The molecule has 0 spiro atoms. The van der Waals surface area contributed by atoms with Gasteiger partial charge in [0.05, 0.1) is 0 Å². The molecule has 1 fully saturated rings. The van der Waals surface area contributed by atoms with Gasteiger partial charge >= 0.3 is 0 Å². The summed E-state index contributed by atoms with van der Waals surface area (Å²) in [6, 6.07) is 0. The van der Waals surface area contributed by atoms with Crippen molar-refractivity contribution in [2.24, 2.45) is 5.92 Å². The van der Waals surface area contributed by atoms with Gasteiger partial charge < -0.3 is 0 Å². The van der Waals surface area contributed by atoms with E-state index >= 15 is 0 Å². The first-order valence-electron chi connectivity index (χ1n) is 3.26. The maximum atomic E-state index is 5.62. The zero-order chi connectivity index (χ0) is 7.14. The molecule has 0 bridgehead atoms. The minimum Gasteiger partial charge on any atom is -0.208 e. The molecule has 1 aliphatic carbocycles. The third kappa shape index (κ3) is 1.04. The van der Waals surface area contributed by atoms with Gasteiger partial charge in [-0.3, -0.25) is 0 Å². The minimum absolute atomic E-state index is 0.564. The van der Waals surface area contributed by atoms with Crippen molar-refractivity contribution in [2.45, 2.75) is 19.3 Å². The lowest BCUT2D eigenvalue weighted by Crippen LogP contribution is -1.82. The predicted octanol–water partition coefficient (Wildman–Crippen LogP) is 2.31. The number of halogens is 1. The Morgan fingerprint density at radius 2 is 2.40 bits per heavy atom. The summed E-state index contributed by atoms with van der Waals surface area (Å²) in [4.78, 5) is 4.10. The zero-order valence-electron chi connectivity index (χ0n) is 5.54. The summed E-state index contributed by atoms with van der Waals surface area (Å²) in [5, 5.41) is 0. The minimum atomic E-state index is 0.564. The van der Waals surface area contributed by atoms with Crippen LogP contribution in [0.2, 0.25) is 4.47 Å². The molecule has 0 amide bonds. The Balaban J connectivity index is 2.20. The first-order valence-corrected chi connectivity index (χ1v) is 4.41. The zero-order valence-corrected chi connectivity index (χ0v) is 7.11. The smallest absolute Gasteiger partial charge is 0.203 e. The molecule has 10 heavy (non-hydrogen) atoms. The summed E-state index contributed by atoms with van der Waals surface area (Å²) in [7, 11) is 0. The topological polar surface area (TPSA) is 25.8 Å². The third-order valence-corrected chi connectivity index (χ3v) is 2.67. The van der Waals surface area contributed by atoms with Crippen molar-refractivity contribution in [3.63, 3.8) is 0 Å². The highest BCUT2D eigenvalue weighted by Crippen LogP contribution is 2.45. The van der Waals surface area contributed by atoms with Gasteiger partial charge in [-0.15, -0.1) is 0 Å². The van der Waals surface area contributed by atoms with Crippen LogP contribution in [0.15, 0.2) is 0 Å². The monoisotopic (exact) mass is 174 g/mol.